The maximum atomic E-state index is 14.1. The van der Waals surface area contributed by atoms with E-state index >= 15 is 0 Å². The number of nitrogens with zero attached hydrogens (tertiary/aromatic N) is 8. The molecular formula is C28H28ClF5N10O. The monoisotopic (exact) mass is 650 g/mol. The smallest absolute Gasteiger partial charge is 0.324 e. The van der Waals surface area contributed by atoms with Gasteiger partial charge in [-0.05, 0) is 79.3 Å². The molecular weight excluding hydrogens is 623 g/mol. The van der Waals surface area contributed by atoms with Gasteiger partial charge in [-0.1, -0.05) is 18.5 Å². The molecule has 2 aliphatic carbocycles. The van der Waals surface area contributed by atoms with Gasteiger partial charge in [-0.25, -0.2) is 14.3 Å². The summed E-state index contributed by atoms with van der Waals surface area (Å²) < 4.78 is 68.8. The molecule has 17 heteroatoms. The number of alkyl halides is 5. The van der Waals surface area contributed by atoms with Crippen LogP contribution in [0.5, 0.6) is 0 Å². The Labute approximate surface area is 259 Å². The van der Waals surface area contributed by atoms with Crippen LogP contribution in [0.2, 0.25) is 5.02 Å². The second-order valence-electron chi connectivity index (χ2n) is 11.2. The molecule has 0 radical (unpaired) electrons. The predicted molar refractivity (Wildman–Crippen MR) is 150 cm³/mol. The topological polar surface area (TPSA) is 139 Å². The Morgan fingerprint density at radius 3 is 2.62 bits per heavy atom. The van der Waals surface area contributed by atoms with E-state index in [1.54, 1.807) is 12.1 Å². The summed E-state index contributed by atoms with van der Waals surface area (Å²) in [7, 11) is 0. The molecule has 1 amide bonds. The summed E-state index contributed by atoms with van der Waals surface area (Å²) >= 11 is 6.34. The van der Waals surface area contributed by atoms with Crippen LogP contribution in [-0.2, 0) is 12.5 Å². The van der Waals surface area contributed by atoms with Crippen LogP contribution in [0.1, 0.15) is 62.0 Å². The first-order chi connectivity index (χ1) is 21.2. The SMILES string of the molecule is CC1CC(C#N)=CC(C(C)NC(C)C2CC2)=C1NC(=O)c1cc(Cn2nnnc2C(F)(F)C(F)(F)F)nn1-c1ncccc1Cl. The lowest BCUT2D eigenvalue weighted by Crippen LogP contribution is -2.40. The van der Waals surface area contributed by atoms with Crippen molar-refractivity contribution < 1.29 is 26.7 Å². The fraction of sp³-hybridized carbons (Fsp3) is 0.464. The molecule has 45 heavy (non-hydrogen) atoms. The first-order valence-corrected chi connectivity index (χ1v) is 14.4. The summed E-state index contributed by atoms with van der Waals surface area (Å²) in [5.74, 6) is -7.45. The van der Waals surface area contributed by atoms with E-state index in [0.717, 1.165) is 23.1 Å². The third-order valence-electron chi connectivity index (χ3n) is 7.77. The van der Waals surface area contributed by atoms with Gasteiger partial charge >= 0.3 is 12.1 Å². The van der Waals surface area contributed by atoms with Crippen LogP contribution in [-0.4, -0.2) is 59.1 Å². The number of carbonyl (C=O) groups is 1. The normalized spacial score (nSPS) is 18.8. The van der Waals surface area contributed by atoms with Gasteiger partial charge in [0.1, 0.15) is 5.69 Å². The Kier molecular flexibility index (Phi) is 8.78. The molecule has 0 spiro atoms. The number of amides is 1. The van der Waals surface area contributed by atoms with Crippen molar-refractivity contribution in [2.24, 2.45) is 11.8 Å². The third kappa shape index (κ3) is 6.59. The average Bonchev–Trinajstić information content (AvgIpc) is 3.59. The fourth-order valence-corrected chi connectivity index (χ4v) is 5.46. The van der Waals surface area contributed by atoms with Crippen LogP contribution in [0.25, 0.3) is 5.82 Å². The third-order valence-corrected chi connectivity index (χ3v) is 8.07. The Balaban J connectivity index is 1.53. The highest BCUT2D eigenvalue weighted by molar-refractivity contribution is 6.32. The van der Waals surface area contributed by atoms with E-state index in [-0.39, 0.29) is 44.9 Å². The Morgan fingerprint density at radius 2 is 1.98 bits per heavy atom. The lowest BCUT2D eigenvalue weighted by molar-refractivity contribution is -0.293. The number of rotatable bonds is 10. The molecule has 0 saturated heterocycles. The zero-order valence-electron chi connectivity index (χ0n) is 24.3. The van der Waals surface area contributed by atoms with Crippen LogP contribution in [0.15, 0.2) is 47.3 Å². The summed E-state index contributed by atoms with van der Waals surface area (Å²) in [4.78, 5) is 18.1. The van der Waals surface area contributed by atoms with Crippen LogP contribution in [0, 0.1) is 23.2 Å². The molecule has 0 bridgehead atoms. The first-order valence-electron chi connectivity index (χ1n) is 14.0. The van der Waals surface area contributed by atoms with Crippen molar-refractivity contribution in [2.75, 3.05) is 0 Å². The van der Waals surface area contributed by atoms with Crippen molar-refractivity contribution >= 4 is 17.5 Å². The number of allylic oxidation sites excluding steroid dienone is 2. The van der Waals surface area contributed by atoms with Crippen molar-refractivity contribution in [3.05, 3.63) is 69.6 Å². The number of halogens is 6. The quantitative estimate of drug-likeness (QED) is 0.297. The van der Waals surface area contributed by atoms with Crippen molar-refractivity contribution in [2.45, 2.75) is 70.8 Å². The number of aromatic nitrogens is 7. The molecule has 2 N–H and O–H groups in total. The van der Waals surface area contributed by atoms with E-state index in [1.165, 1.54) is 18.3 Å². The van der Waals surface area contributed by atoms with Gasteiger partial charge in [0.05, 0.1) is 23.3 Å². The van der Waals surface area contributed by atoms with Gasteiger partial charge in [-0.15, -0.1) is 5.10 Å². The second kappa shape index (κ2) is 12.3. The lowest BCUT2D eigenvalue weighted by atomic mass is 9.85. The van der Waals surface area contributed by atoms with Crippen LogP contribution in [0.4, 0.5) is 22.0 Å². The summed E-state index contributed by atoms with van der Waals surface area (Å²) in [6.07, 6.45) is -0.170. The highest BCUT2D eigenvalue weighted by Gasteiger charge is 2.62. The number of tetrazole rings is 1. The molecule has 11 nitrogen and oxygen atoms in total. The highest BCUT2D eigenvalue weighted by atomic mass is 35.5. The zero-order chi connectivity index (χ0) is 32.7. The van der Waals surface area contributed by atoms with Gasteiger partial charge in [0.2, 0.25) is 5.82 Å². The minimum Gasteiger partial charge on any atom is -0.324 e. The van der Waals surface area contributed by atoms with Crippen LogP contribution >= 0.6 is 11.6 Å². The van der Waals surface area contributed by atoms with Gasteiger partial charge in [-0.3, -0.25) is 4.79 Å². The predicted octanol–water partition coefficient (Wildman–Crippen LogP) is 4.86. The first kappa shape index (κ1) is 32.2. The van der Waals surface area contributed by atoms with Gasteiger partial charge < -0.3 is 10.6 Å². The van der Waals surface area contributed by atoms with Crippen LogP contribution < -0.4 is 10.6 Å². The summed E-state index contributed by atoms with van der Waals surface area (Å²) in [5, 5.41) is 29.6. The van der Waals surface area contributed by atoms with Crippen molar-refractivity contribution in [3.63, 3.8) is 0 Å². The molecule has 3 unspecified atom stereocenters. The number of carbonyl (C=O) groups excluding carboxylic acids is 1. The van der Waals surface area contributed by atoms with E-state index in [9.17, 15) is 32.0 Å². The molecule has 3 heterocycles. The minimum absolute atomic E-state index is 0.0129. The van der Waals surface area contributed by atoms with E-state index in [2.05, 4.69) is 49.2 Å². The van der Waals surface area contributed by atoms with E-state index in [0.29, 0.717) is 23.6 Å². The molecule has 0 aliphatic heterocycles. The molecule has 1 fully saturated rings. The maximum Gasteiger partial charge on any atom is 0.461 e. The maximum absolute atomic E-state index is 14.1. The largest absolute Gasteiger partial charge is 0.461 e. The Morgan fingerprint density at radius 1 is 1.24 bits per heavy atom. The van der Waals surface area contributed by atoms with E-state index in [1.807, 2.05) is 13.8 Å². The van der Waals surface area contributed by atoms with Gasteiger partial charge in [-0.2, -0.15) is 32.3 Å². The lowest BCUT2D eigenvalue weighted by Gasteiger charge is -2.29. The second-order valence-corrected chi connectivity index (χ2v) is 11.6. The van der Waals surface area contributed by atoms with Crippen molar-refractivity contribution in [3.8, 4) is 11.9 Å². The molecule has 0 aromatic carbocycles. The zero-order valence-corrected chi connectivity index (χ0v) is 25.0. The number of nitrogens with one attached hydrogen (secondary N) is 2. The Bertz CT molecular complexity index is 1700. The highest BCUT2D eigenvalue weighted by Crippen LogP contribution is 2.42. The van der Waals surface area contributed by atoms with Crippen molar-refractivity contribution in [1.82, 2.24) is 45.6 Å². The summed E-state index contributed by atoms with van der Waals surface area (Å²) in [6, 6.07) is 6.44. The van der Waals surface area contributed by atoms with E-state index < -0.39 is 30.4 Å². The van der Waals surface area contributed by atoms with Gasteiger partial charge in [0.15, 0.2) is 5.82 Å². The number of hydrogen-bond donors (Lipinski definition) is 2. The number of pyridine rings is 1. The van der Waals surface area contributed by atoms with Crippen molar-refractivity contribution in [1.29, 1.82) is 5.26 Å². The molecule has 3 aromatic rings. The summed E-state index contributed by atoms with van der Waals surface area (Å²) in [6.45, 7) is 5.17. The fourth-order valence-electron chi connectivity index (χ4n) is 5.26. The molecule has 238 valence electrons. The molecule has 3 atom stereocenters. The Hall–Kier alpha value is -4.23. The molecule has 1 saturated carbocycles. The summed E-state index contributed by atoms with van der Waals surface area (Å²) in [5.41, 5.74) is 1.59. The number of hydrogen-bond acceptors (Lipinski definition) is 8. The molecule has 2 aliphatic rings. The standard InChI is InChI=1S/C28H28ClF5N10O/c1-14-9-17(12-35)10-20(16(3)37-15(2)18-6-7-18)23(14)38-25(45)22-11-19(40-44(22)24-21(29)5-4-8-36-24)13-43-26(39-41-42-43)27(30,31)28(32,33)34/h4-5,8,10-11,14-16,18,37H,6-7,9,13H2,1-3H3,(H,38,45). The average molecular weight is 651 g/mol. The van der Waals surface area contributed by atoms with Gasteiger partial charge in [0.25, 0.3) is 5.91 Å². The molecule has 5 rings (SSSR count). The molecule has 3 aromatic heterocycles. The minimum atomic E-state index is -5.95. The van der Waals surface area contributed by atoms with E-state index in [4.69, 9.17) is 11.6 Å². The van der Waals surface area contributed by atoms with Gasteiger partial charge in [0, 0.05) is 35.5 Å². The number of nitriles is 1. The van der Waals surface area contributed by atoms with Crippen LogP contribution in [0.3, 0.4) is 0 Å².